The highest BCUT2D eigenvalue weighted by atomic mass is 79.9. The minimum absolute atomic E-state index is 0.0190. The van der Waals surface area contributed by atoms with E-state index in [1.165, 1.54) is 13.2 Å². The summed E-state index contributed by atoms with van der Waals surface area (Å²) in [4.78, 5) is 11.1. The Hall–Kier alpha value is -0.880. The quantitative estimate of drug-likeness (QED) is 0.606. The summed E-state index contributed by atoms with van der Waals surface area (Å²) in [6, 6.07) is 2.97. The molecule has 0 atom stereocenters. The molecule has 0 radical (unpaired) electrons. The second kappa shape index (κ2) is 6.89. The monoisotopic (exact) mass is 342 g/mol. The number of rotatable bonds is 5. The molecule has 0 spiro atoms. The summed E-state index contributed by atoms with van der Waals surface area (Å²) >= 11 is 9.00. The highest BCUT2D eigenvalue weighted by Gasteiger charge is 2.16. The van der Waals surface area contributed by atoms with Crippen molar-refractivity contribution in [2.45, 2.75) is 18.4 Å². The molecule has 1 aromatic carbocycles. The van der Waals surface area contributed by atoms with E-state index in [1.54, 1.807) is 6.07 Å². The molecule has 18 heavy (non-hydrogen) atoms. The van der Waals surface area contributed by atoms with Crippen molar-refractivity contribution < 1.29 is 23.0 Å². The van der Waals surface area contributed by atoms with Crippen LogP contribution in [0.1, 0.15) is 11.1 Å². The zero-order valence-corrected chi connectivity index (χ0v) is 11.7. The van der Waals surface area contributed by atoms with E-state index in [2.05, 4.69) is 25.4 Å². The number of esters is 1. The van der Waals surface area contributed by atoms with Crippen LogP contribution in [0.4, 0.5) is 8.78 Å². The van der Waals surface area contributed by atoms with Gasteiger partial charge in [-0.25, -0.2) is 0 Å². The lowest BCUT2D eigenvalue weighted by molar-refractivity contribution is -0.139. The van der Waals surface area contributed by atoms with Crippen molar-refractivity contribution in [1.82, 2.24) is 0 Å². The largest absolute Gasteiger partial charge is 0.469 e. The standard InChI is InChI=1S/C11H10BrClF2O3/c1-17-9(16)4-6-2-7(5-12)10(8(13)3-6)18-11(14)15/h2-3,11H,4-5H2,1H3. The molecule has 1 aromatic rings. The molecule has 0 unspecified atom stereocenters. The Kier molecular flexibility index (Phi) is 5.81. The second-order valence-electron chi connectivity index (χ2n) is 3.33. The lowest BCUT2D eigenvalue weighted by Crippen LogP contribution is -2.08. The van der Waals surface area contributed by atoms with Crippen molar-refractivity contribution in [2.24, 2.45) is 0 Å². The van der Waals surface area contributed by atoms with Crippen molar-refractivity contribution in [3.63, 3.8) is 0 Å². The zero-order valence-electron chi connectivity index (χ0n) is 9.38. The van der Waals surface area contributed by atoms with Crippen LogP contribution in [-0.2, 0) is 21.3 Å². The van der Waals surface area contributed by atoms with Crippen LogP contribution < -0.4 is 4.74 Å². The minimum atomic E-state index is -2.95. The van der Waals surface area contributed by atoms with Crippen LogP contribution in [0.15, 0.2) is 12.1 Å². The summed E-state index contributed by atoms with van der Waals surface area (Å²) in [5.74, 6) is -0.522. The average molecular weight is 344 g/mol. The van der Waals surface area contributed by atoms with Gasteiger partial charge in [-0.05, 0) is 11.6 Å². The smallest absolute Gasteiger partial charge is 0.387 e. The number of hydrogen-bond acceptors (Lipinski definition) is 3. The van der Waals surface area contributed by atoms with Crippen LogP contribution in [0.3, 0.4) is 0 Å². The van der Waals surface area contributed by atoms with Gasteiger partial charge in [0.2, 0.25) is 0 Å². The number of ether oxygens (including phenoxy) is 2. The van der Waals surface area contributed by atoms with E-state index in [-0.39, 0.29) is 22.5 Å². The Morgan fingerprint density at radius 2 is 2.17 bits per heavy atom. The van der Waals surface area contributed by atoms with Crippen molar-refractivity contribution in [1.29, 1.82) is 0 Å². The maximum Gasteiger partial charge on any atom is 0.387 e. The maximum absolute atomic E-state index is 12.2. The normalized spacial score (nSPS) is 10.6. The van der Waals surface area contributed by atoms with Crippen LogP contribution in [0.5, 0.6) is 5.75 Å². The van der Waals surface area contributed by atoms with E-state index < -0.39 is 12.6 Å². The highest BCUT2D eigenvalue weighted by molar-refractivity contribution is 9.08. The molecule has 0 aliphatic rings. The van der Waals surface area contributed by atoms with Crippen LogP contribution >= 0.6 is 27.5 Å². The summed E-state index contributed by atoms with van der Waals surface area (Å²) in [6.07, 6.45) is 0.0190. The Balaban J connectivity index is 3.06. The van der Waals surface area contributed by atoms with Gasteiger partial charge in [-0.1, -0.05) is 33.6 Å². The van der Waals surface area contributed by atoms with Gasteiger partial charge in [0.25, 0.3) is 0 Å². The fourth-order valence-electron chi connectivity index (χ4n) is 1.37. The molecule has 0 bridgehead atoms. The molecule has 3 nitrogen and oxygen atoms in total. The predicted molar refractivity (Wildman–Crippen MR) is 66.4 cm³/mol. The average Bonchev–Trinajstić information content (AvgIpc) is 2.31. The Labute approximate surface area is 116 Å². The van der Waals surface area contributed by atoms with E-state index >= 15 is 0 Å². The zero-order chi connectivity index (χ0) is 13.7. The molecule has 0 aliphatic carbocycles. The van der Waals surface area contributed by atoms with Gasteiger partial charge in [0.15, 0.2) is 0 Å². The van der Waals surface area contributed by atoms with Crippen LogP contribution in [0.2, 0.25) is 5.02 Å². The van der Waals surface area contributed by atoms with Crippen LogP contribution in [0.25, 0.3) is 0 Å². The van der Waals surface area contributed by atoms with Gasteiger partial charge in [-0.2, -0.15) is 8.78 Å². The summed E-state index contributed by atoms with van der Waals surface area (Å²) in [5.41, 5.74) is 1.02. The molecule has 0 saturated carbocycles. The number of methoxy groups -OCH3 is 1. The SMILES string of the molecule is COC(=O)Cc1cc(Cl)c(OC(F)F)c(CBr)c1. The summed E-state index contributed by atoms with van der Waals surface area (Å²) in [5, 5.41) is 0.315. The first kappa shape index (κ1) is 15.2. The van der Waals surface area contributed by atoms with Gasteiger partial charge in [-0.15, -0.1) is 0 Å². The third kappa shape index (κ3) is 4.10. The molecule has 1 rings (SSSR count). The molecule has 0 fully saturated rings. The molecule has 0 saturated heterocycles. The predicted octanol–water partition coefficient (Wildman–Crippen LogP) is 3.55. The summed E-state index contributed by atoms with van der Waals surface area (Å²) in [6.45, 7) is -2.95. The van der Waals surface area contributed by atoms with Crippen molar-refractivity contribution in [3.8, 4) is 5.75 Å². The first-order valence-corrected chi connectivity index (χ1v) is 6.36. The maximum atomic E-state index is 12.2. The van der Waals surface area contributed by atoms with Gasteiger partial charge < -0.3 is 9.47 Å². The third-order valence-corrected chi connectivity index (χ3v) is 2.99. The molecule has 0 aromatic heterocycles. The minimum Gasteiger partial charge on any atom is -0.469 e. The lowest BCUT2D eigenvalue weighted by Gasteiger charge is -2.12. The van der Waals surface area contributed by atoms with Crippen LogP contribution in [0, 0.1) is 0 Å². The fraction of sp³-hybridized carbons (Fsp3) is 0.364. The van der Waals surface area contributed by atoms with Crippen molar-refractivity contribution in [2.75, 3.05) is 7.11 Å². The topological polar surface area (TPSA) is 35.5 Å². The van der Waals surface area contributed by atoms with E-state index in [1.807, 2.05) is 0 Å². The Morgan fingerprint density at radius 1 is 1.50 bits per heavy atom. The van der Waals surface area contributed by atoms with E-state index in [4.69, 9.17) is 11.6 Å². The second-order valence-corrected chi connectivity index (χ2v) is 4.30. The van der Waals surface area contributed by atoms with E-state index in [9.17, 15) is 13.6 Å². The summed E-state index contributed by atoms with van der Waals surface area (Å²) < 4.78 is 33.3. The fourth-order valence-corrected chi connectivity index (χ4v) is 2.10. The molecule has 0 heterocycles. The van der Waals surface area contributed by atoms with Gasteiger partial charge >= 0.3 is 12.6 Å². The molecule has 0 aliphatic heterocycles. The van der Waals surface area contributed by atoms with E-state index in [0.29, 0.717) is 11.1 Å². The number of carbonyl (C=O) groups excluding carboxylic acids is 1. The number of alkyl halides is 3. The molecule has 100 valence electrons. The van der Waals surface area contributed by atoms with Crippen molar-refractivity contribution in [3.05, 3.63) is 28.3 Å². The molecular weight excluding hydrogens is 333 g/mol. The van der Waals surface area contributed by atoms with Gasteiger partial charge in [0.05, 0.1) is 18.6 Å². The molecule has 7 heteroatoms. The van der Waals surface area contributed by atoms with Gasteiger partial charge in [0, 0.05) is 10.9 Å². The molecule has 0 N–H and O–H groups in total. The number of benzene rings is 1. The van der Waals surface area contributed by atoms with Gasteiger partial charge in [0.1, 0.15) is 5.75 Å². The van der Waals surface area contributed by atoms with Crippen LogP contribution in [-0.4, -0.2) is 19.7 Å². The first-order valence-electron chi connectivity index (χ1n) is 4.86. The number of carbonyl (C=O) groups is 1. The Morgan fingerprint density at radius 3 is 2.67 bits per heavy atom. The molecule has 0 amide bonds. The first-order chi connectivity index (χ1) is 8.47. The Bertz CT molecular complexity index is 441. The summed E-state index contributed by atoms with van der Waals surface area (Å²) in [7, 11) is 1.27. The number of halogens is 4. The van der Waals surface area contributed by atoms with Crippen molar-refractivity contribution >= 4 is 33.5 Å². The van der Waals surface area contributed by atoms with E-state index in [0.717, 1.165) is 0 Å². The number of hydrogen-bond donors (Lipinski definition) is 0. The third-order valence-electron chi connectivity index (χ3n) is 2.11. The van der Waals surface area contributed by atoms with Gasteiger partial charge in [-0.3, -0.25) is 4.79 Å². The lowest BCUT2D eigenvalue weighted by atomic mass is 10.1. The highest BCUT2D eigenvalue weighted by Crippen LogP contribution is 2.33. The molecular formula is C11H10BrClF2O3.